The van der Waals surface area contributed by atoms with Gasteiger partial charge >= 0.3 is 0 Å². The molecule has 0 aromatic heterocycles. The summed E-state index contributed by atoms with van der Waals surface area (Å²) in [4.78, 5) is 0. The van der Waals surface area contributed by atoms with Crippen molar-refractivity contribution in [3.8, 4) is 0 Å². The normalized spacial score (nSPS) is 15.2. The molecule has 0 fully saturated rings. The third-order valence-corrected chi connectivity index (χ3v) is 2.42. The van der Waals surface area contributed by atoms with Crippen molar-refractivity contribution in [2.24, 2.45) is 0 Å². The van der Waals surface area contributed by atoms with Crippen LogP contribution < -0.4 is 0 Å². The molecule has 0 heteroatoms. The molecule has 0 radical (unpaired) electrons. The molecular weight excluding hydrogens is 144 g/mol. The molecule has 0 unspecified atom stereocenters. The summed E-state index contributed by atoms with van der Waals surface area (Å²) < 4.78 is 0. The van der Waals surface area contributed by atoms with E-state index in [9.17, 15) is 0 Å². The van der Waals surface area contributed by atoms with Gasteiger partial charge in [-0.2, -0.15) is 0 Å². The number of rotatable bonds is 6. The molecule has 0 saturated carbocycles. The van der Waals surface area contributed by atoms with Crippen LogP contribution in [0.25, 0.3) is 0 Å². The molecule has 1 aliphatic carbocycles. The number of unbranched alkanes of at least 4 members (excludes halogenated alkanes) is 4. The second kappa shape index (κ2) is 6.05. The van der Waals surface area contributed by atoms with Gasteiger partial charge in [0.05, 0.1) is 0 Å². The monoisotopic (exact) mass is 164 g/mol. The highest BCUT2D eigenvalue weighted by Gasteiger charge is 1.96. The Bertz CT molecular complexity index is 163. The molecule has 0 nitrogen and oxygen atoms in total. The lowest BCUT2D eigenvalue weighted by molar-refractivity contribution is 0.633. The molecule has 12 heavy (non-hydrogen) atoms. The zero-order valence-corrected chi connectivity index (χ0v) is 8.18. The minimum absolute atomic E-state index is 1.17. The molecule has 1 aliphatic rings. The third-order valence-electron chi connectivity index (χ3n) is 2.42. The first kappa shape index (κ1) is 9.57. The van der Waals surface area contributed by atoms with Gasteiger partial charge in [0.25, 0.3) is 0 Å². The molecule has 0 saturated heterocycles. The number of allylic oxidation sites excluding steroid dienone is 4. The Morgan fingerprint density at radius 1 is 1.17 bits per heavy atom. The van der Waals surface area contributed by atoms with Crippen LogP contribution in [0, 0.1) is 0 Å². The minimum Gasteiger partial charge on any atom is -0.0805 e. The Balaban J connectivity index is 1.92. The fraction of sp³-hybridized carbons (Fsp3) is 0.667. The molecule has 0 bridgehead atoms. The van der Waals surface area contributed by atoms with E-state index in [-0.39, 0.29) is 0 Å². The van der Waals surface area contributed by atoms with Crippen LogP contribution >= 0.6 is 0 Å². The summed E-state index contributed by atoms with van der Waals surface area (Å²) in [5.74, 6) is 0. The Morgan fingerprint density at radius 3 is 2.67 bits per heavy atom. The van der Waals surface area contributed by atoms with Gasteiger partial charge < -0.3 is 0 Å². The van der Waals surface area contributed by atoms with Crippen LogP contribution in [0.5, 0.6) is 0 Å². The van der Waals surface area contributed by atoms with Gasteiger partial charge in [0.1, 0.15) is 0 Å². The average molecular weight is 164 g/mol. The summed E-state index contributed by atoms with van der Waals surface area (Å²) >= 11 is 0. The van der Waals surface area contributed by atoms with Crippen molar-refractivity contribution in [2.45, 2.75) is 51.9 Å². The van der Waals surface area contributed by atoms with Crippen LogP contribution in [-0.4, -0.2) is 0 Å². The van der Waals surface area contributed by atoms with Crippen molar-refractivity contribution in [3.05, 3.63) is 23.8 Å². The van der Waals surface area contributed by atoms with Gasteiger partial charge in [-0.1, -0.05) is 56.4 Å². The van der Waals surface area contributed by atoms with Crippen molar-refractivity contribution in [2.75, 3.05) is 0 Å². The van der Waals surface area contributed by atoms with E-state index in [0.717, 1.165) is 0 Å². The standard InChI is InChI=1S/C12H20/c1-2-3-4-5-6-9-12-10-7-8-11-12/h7,10-11H,2-6,8-9H2,1H3. The summed E-state index contributed by atoms with van der Waals surface area (Å²) in [6.45, 7) is 2.27. The number of hydrogen-bond acceptors (Lipinski definition) is 0. The molecular formula is C12H20. The molecule has 0 aromatic carbocycles. The van der Waals surface area contributed by atoms with E-state index in [0.29, 0.717) is 0 Å². The highest BCUT2D eigenvalue weighted by Crippen LogP contribution is 2.16. The zero-order valence-electron chi connectivity index (χ0n) is 8.18. The summed E-state index contributed by atoms with van der Waals surface area (Å²) in [5, 5.41) is 0. The highest BCUT2D eigenvalue weighted by molar-refractivity contribution is 5.25. The first-order valence-electron chi connectivity index (χ1n) is 5.29. The Morgan fingerprint density at radius 2 is 2.00 bits per heavy atom. The SMILES string of the molecule is CCCCCCCC1=CCC=C1. The van der Waals surface area contributed by atoms with Gasteiger partial charge in [0, 0.05) is 0 Å². The summed E-state index contributed by atoms with van der Waals surface area (Å²) in [5.41, 5.74) is 1.56. The molecule has 0 aliphatic heterocycles. The lowest BCUT2D eigenvalue weighted by Crippen LogP contribution is -1.79. The molecule has 68 valence electrons. The molecule has 1 rings (SSSR count). The van der Waals surface area contributed by atoms with Crippen LogP contribution in [0.4, 0.5) is 0 Å². The van der Waals surface area contributed by atoms with Gasteiger partial charge in [-0.15, -0.1) is 0 Å². The first-order valence-corrected chi connectivity index (χ1v) is 5.29. The largest absolute Gasteiger partial charge is 0.0805 e. The van der Waals surface area contributed by atoms with Crippen LogP contribution in [0.15, 0.2) is 23.8 Å². The van der Waals surface area contributed by atoms with E-state index in [1.165, 1.54) is 44.9 Å². The zero-order chi connectivity index (χ0) is 8.65. The first-order chi connectivity index (χ1) is 5.93. The van der Waals surface area contributed by atoms with Crippen LogP contribution in [0.2, 0.25) is 0 Å². The molecule has 0 spiro atoms. The Kier molecular flexibility index (Phi) is 4.82. The fourth-order valence-corrected chi connectivity index (χ4v) is 1.62. The molecule has 0 heterocycles. The second-order valence-corrected chi connectivity index (χ2v) is 3.58. The maximum absolute atomic E-state index is 2.35. The van der Waals surface area contributed by atoms with E-state index in [1.54, 1.807) is 5.57 Å². The molecule has 0 amide bonds. The lowest BCUT2D eigenvalue weighted by atomic mass is 10.1. The van der Waals surface area contributed by atoms with Crippen molar-refractivity contribution < 1.29 is 0 Å². The van der Waals surface area contributed by atoms with Gasteiger partial charge in [-0.3, -0.25) is 0 Å². The average Bonchev–Trinajstić information content (AvgIpc) is 2.57. The predicted molar refractivity (Wildman–Crippen MR) is 55.2 cm³/mol. The maximum atomic E-state index is 2.35. The topological polar surface area (TPSA) is 0 Å². The fourth-order valence-electron chi connectivity index (χ4n) is 1.62. The smallest absolute Gasteiger partial charge is 0.0160 e. The van der Waals surface area contributed by atoms with Gasteiger partial charge in [-0.25, -0.2) is 0 Å². The van der Waals surface area contributed by atoms with E-state index < -0.39 is 0 Å². The van der Waals surface area contributed by atoms with Crippen molar-refractivity contribution in [1.29, 1.82) is 0 Å². The lowest BCUT2D eigenvalue weighted by Gasteiger charge is -1.99. The minimum atomic E-state index is 1.17. The van der Waals surface area contributed by atoms with Crippen molar-refractivity contribution >= 4 is 0 Å². The summed E-state index contributed by atoms with van der Waals surface area (Å²) in [6, 6.07) is 0. The third kappa shape index (κ3) is 3.75. The van der Waals surface area contributed by atoms with E-state index in [1.807, 2.05) is 0 Å². The Labute approximate surface area is 76.4 Å². The Hall–Kier alpha value is -0.520. The van der Waals surface area contributed by atoms with E-state index >= 15 is 0 Å². The van der Waals surface area contributed by atoms with Crippen molar-refractivity contribution in [3.63, 3.8) is 0 Å². The van der Waals surface area contributed by atoms with Crippen LogP contribution in [-0.2, 0) is 0 Å². The molecule has 0 atom stereocenters. The van der Waals surface area contributed by atoms with Gasteiger partial charge in [0.2, 0.25) is 0 Å². The quantitative estimate of drug-likeness (QED) is 0.515. The predicted octanol–water partition coefficient (Wildman–Crippen LogP) is 4.23. The molecule has 0 aromatic rings. The second-order valence-electron chi connectivity index (χ2n) is 3.58. The summed E-state index contributed by atoms with van der Waals surface area (Å²) in [6.07, 6.45) is 16.3. The maximum Gasteiger partial charge on any atom is -0.0160 e. The number of hydrogen-bond donors (Lipinski definition) is 0. The van der Waals surface area contributed by atoms with Gasteiger partial charge in [-0.05, 0) is 19.3 Å². The van der Waals surface area contributed by atoms with Crippen LogP contribution in [0.1, 0.15) is 51.9 Å². The van der Waals surface area contributed by atoms with E-state index in [2.05, 4.69) is 25.2 Å². The van der Waals surface area contributed by atoms with Crippen LogP contribution in [0.3, 0.4) is 0 Å². The summed E-state index contributed by atoms with van der Waals surface area (Å²) in [7, 11) is 0. The van der Waals surface area contributed by atoms with Gasteiger partial charge in [0.15, 0.2) is 0 Å². The van der Waals surface area contributed by atoms with Crippen molar-refractivity contribution in [1.82, 2.24) is 0 Å². The highest BCUT2D eigenvalue weighted by atomic mass is 14.0. The van der Waals surface area contributed by atoms with E-state index in [4.69, 9.17) is 0 Å². The molecule has 0 N–H and O–H groups in total.